The monoisotopic (exact) mass is 153 g/mol. The number of hydrogen-bond acceptors (Lipinski definition) is 2. The van der Waals surface area contributed by atoms with Gasteiger partial charge in [0.2, 0.25) is 0 Å². The van der Waals surface area contributed by atoms with Crippen LogP contribution >= 0.6 is 0 Å². The SMILES string of the molecule is Nc1ccc(CC=O)cc1F. The zero-order chi connectivity index (χ0) is 8.27. The first kappa shape index (κ1) is 7.72. The summed E-state index contributed by atoms with van der Waals surface area (Å²) in [6.45, 7) is 0. The van der Waals surface area contributed by atoms with Gasteiger partial charge in [0.15, 0.2) is 0 Å². The van der Waals surface area contributed by atoms with Gasteiger partial charge in [0.25, 0.3) is 0 Å². The third kappa shape index (κ3) is 1.77. The third-order valence-corrected chi connectivity index (χ3v) is 1.38. The van der Waals surface area contributed by atoms with Crippen molar-refractivity contribution >= 4 is 12.0 Å². The maximum Gasteiger partial charge on any atom is 0.146 e. The minimum absolute atomic E-state index is 0.111. The highest BCUT2D eigenvalue weighted by atomic mass is 19.1. The molecule has 0 spiro atoms. The first-order chi connectivity index (χ1) is 5.24. The summed E-state index contributed by atoms with van der Waals surface area (Å²) in [6, 6.07) is 4.35. The van der Waals surface area contributed by atoms with Crippen LogP contribution in [0.5, 0.6) is 0 Å². The molecule has 2 nitrogen and oxygen atoms in total. The van der Waals surface area contributed by atoms with Crippen LogP contribution in [0.25, 0.3) is 0 Å². The van der Waals surface area contributed by atoms with Gasteiger partial charge < -0.3 is 10.5 Å². The number of anilines is 1. The molecule has 0 saturated heterocycles. The fourth-order valence-corrected chi connectivity index (χ4v) is 0.794. The second-order valence-corrected chi connectivity index (χ2v) is 2.23. The number of rotatable bonds is 2. The second-order valence-electron chi connectivity index (χ2n) is 2.23. The van der Waals surface area contributed by atoms with Crippen molar-refractivity contribution in [2.24, 2.45) is 0 Å². The average molecular weight is 153 g/mol. The Morgan fingerprint density at radius 2 is 2.27 bits per heavy atom. The summed E-state index contributed by atoms with van der Waals surface area (Å²) in [6.07, 6.45) is 0.960. The minimum atomic E-state index is -0.468. The van der Waals surface area contributed by atoms with Gasteiger partial charge in [-0.2, -0.15) is 0 Å². The summed E-state index contributed by atoms with van der Waals surface area (Å²) in [5.41, 5.74) is 5.98. The molecule has 0 aliphatic carbocycles. The molecule has 1 aromatic carbocycles. The summed E-state index contributed by atoms with van der Waals surface area (Å²) < 4.78 is 12.7. The Balaban J connectivity index is 2.95. The summed E-state index contributed by atoms with van der Waals surface area (Å²) in [5, 5.41) is 0. The van der Waals surface area contributed by atoms with Gasteiger partial charge >= 0.3 is 0 Å². The van der Waals surface area contributed by atoms with Crippen LogP contribution in [-0.2, 0) is 11.2 Å². The van der Waals surface area contributed by atoms with E-state index in [1.165, 1.54) is 12.1 Å². The maximum absolute atomic E-state index is 12.7. The summed E-state index contributed by atoms with van der Waals surface area (Å²) in [4.78, 5) is 10.0. The molecule has 11 heavy (non-hydrogen) atoms. The lowest BCUT2D eigenvalue weighted by atomic mass is 10.1. The molecule has 1 aromatic rings. The van der Waals surface area contributed by atoms with Crippen molar-refractivity contribution in [2.45, 2.75) is 6.42 Å². The van der Waals surface area contributed by atoms with Crippen LogP contribution in [0.4, 0.5) is 10.1 Å². The van der Waals surface area contributed by atoms with Crippen LogP contribution in [0.15, 0.2) is 18.2 Å². The van der Waals surface area contributed by atoms with Gasteiger partial charge in [-0.15, -0.1) is 0 Å². The molecule has 0 aliphatic rings. The van der Waals surface area contributed by atoms with E-state index in [4.69, 9.17) is 5.73 Å². The third-order valence-electron chi connectivity index (χ3n) is 1.38. The van der Waals surface area contributed by atoms with E-state index in [1.807, 2.05) is 0 Å². The van der Waals surface area contributed by atoms with E-state index in [2.05, 4.69) is 0 Å². The summed E-state index contributed by atoms with van der Waals surface area (Å²) in [7, 11) is 0. The van der Waals surface area contributed by atoms with Crippen LogP contribution in [0.3, 0.4) is 0 Å². The predicted molar refractivity (Wildman–Crippen MR) is 40.6 cm³/mol. The van der Waals surface area contributed by atoms with Gasteiger partial charge in [-0.25, -0.2) is 4.39 Å². The van der Waals surface area contributed by atoms with Gasteiger partial charge in [0.1, 0.15) is 12.1 Å². The van der Waals surface area contributed by atoms with Crippen LogP contribution in [0.2, 0.25) is 0 Å². The minimum Gasteiger partial charge on any atom is -0.396 e. The van der Waals surface area contributed by atoms with E-state index < -0.39 is 5.82 Å². The number of carbonyl (C=O) groups excluding carboxylic acids is 1. The number of halogens is 1. The van der Waals surface area contributed by atoms with E-state index in [1.54, 1.807) is 6.07 Å². The molecule has 0 radical (unpaired) electrons. The Labute approximate surface area is 63.8 Å². The molecule has 0 aliphatic heterocycles. The number of nitrogens with two attached hydrogens (primary N) is 1. The van der Waals surface area contributed by atoms with Gasteiger partial charge in [0, 0.05) is 6.42 Å². The lowest BCUT2D eigenvalue weighted by Crippen LogP contribution is -1.93. The molecule has 0 amide bonds. The first-order valence-electron chi connectivity index (χ1n) is 3.21. The molecule has 1 rings (SSSR count). The molecule has 0 fully saturated rings. The molecule has 0 unspecified atom stereocenters. The van der Waals surface area contributed by atoms with Gasteiger partial charge in [-0.05, 0) is 17.7 Å². The largest absolute Gasteiger partial charge is 0.396 e. The predicted octanol–water partition coefficient (Wildman–Crippen LogP) is 1.15. The van der Waals surface area contributed by atoms with Gasteiger partial charge in [-0.1, -0.05) is 6.07 Å². The van der Waals surface area contributed by atoms with Crippen molar-refractivity contribution in [2.75, 3.05) is 5.73 Å². The smallest absolute Gasteiger partial charge is 0.146 e. The zero-order valence-corrected chi connectivity index (χ0v) is 5.88. The highest BCUT2D eigenvalue weighted by Crippen LogP contribution is 2.11. The number of hydrogen-bond donors (Lipinski definition) is 1. The number of aldehydes is 1. The normalized spacial score (nSPS) is 9.55. The quantitative estimate of drug-likeness (QED) is 0.511. The first-order valence-corrected chi connectivity index (χ1v) is 3.21. The number of benzene rings is 1. The highest BCUT2D eigenvalue weighted by Gasteiger charge is 1.98. The van der Waals surface area contributed by atoms with Crippen molar-refractivity contribution in [3.63, 3.8) is 0 Å². The van der Waals surface area contributed by atoms with Crippen molar-refractivity contribution < 1.29 is 9.18 Å². The molecule has 0 atom stereocenters. The molecule has 0 heterocycles. The van der Waals surface area contributed by atoms with Crippen LogP contribution < -0.4 is 5.73 Å². The van der Waals surface area contributed by atoms with Crippen LogP contribution in [0, 0.1) is 5.82 Å². The van der Waals surface area contributed by atoms with Crippen LogP contribution in [0.1, 0.15) is 5.56 Å². The van der Waals surface area contributed by atoms with E-state index in [-0.39, 0.29) is 12.1 Å². The van der Waals surface area contributed by atoms with Crippen molar-refractivity contribution in [1.29, 1.82) is 0 Å². The Morgan fingerprint density at radius 1 is 1.55 bits per heavy atom. The summed E-state index contributed by atoms with van der Waals surface area (Å²) in [5.74, 6) is -0.468. The lowest BCUT2D eigenvalue weighted by molar-refractivity contribution is -0.107. The van der Waals surface area contributed by atoms with Crippen LogP contribution in [-0.4, -0.2) is 6.29 Å². The Bertz CT molecular complexity index is 273. The van der Waals surface area contributed by atoms with E-state index in [0.717, 1.165) is 6.29 Å². The van der Waals surface area contributed by atoms with E-state index >= 15 is 0 Å². The van der Waals surface area contributed by atoms with Crippen molar-refractivity contribution in [1.82, 2.24) is 0 Å². The van der Waals surface area contributed by atoms with Crippen molar-refractivity contribution in [3.05, 3.63) is 29.6 Å². The topological polar surface area (TPSA) is 43.1 Å². The molecule has 58 valence electrons. The molecular weight excluding hydrogens is 145 g/mol. The molecule has 0 saturated carbocycles. The Kier molecular flexibility index (Phi) is 2.21. The Morgan fingerprint density at radius 3 is 2.82 bits per heavy atom. The number of carbonyl (C=O) groups is 1. The van der Waals surface area contributed by atoms with Crippen molar-refractivity contribution in [3.8, 4) is 0 Å². The fourth-order valence-electron chi connectivity index (χ4n) is 0.794. The lowest BCUT2D eigenvalue weighted by Gasteiger charge is -1.97. The van der Waals surface area contributed by atoms with Gasteiger partial charge in [-0.3, -0.25) is 0 Å². The molecular formula is C8H8FNO. The number of nitrogen functional groups attached to an aromatic ring is 1. The van der Waals surface area contributed by atoms with E-state index in [0.29, 0.717) is 5.56 Å². The fraction of sp³-hybridized carbons (Fsp3) is 0.125. The highest BCUT2D eigenvalue weighted by molar-refractivity contribution is 5.56. The standard InChI is InChI=1S/C8H8FNO/c9-7-5-6(3-4-11)1-2-8(7)10/h1-2,4-5H,3,10H2. The molecule has 0 bridgehead atoms. The Hall–Kier alpha value is -1.38. The second kappa shape index (κ2) is 3.14. The van der Waals surface area contributed by atoms with Gasteiger partial charge in [0.05, 0.1) is 5.69 Å². The maximum atomic E-state index is 12.7. The molecule has 3 heteroatoms. The summed E-state index contributed by atoms with van der Waals surface area (Å²) >= 11 is 0. The van der Waals surface area contributed by atoms with E-state index in [9.17, 15) is 9.18 Å². The molecule has 2 N–H and O–H groups in total. The molecule has 0 aromatic heterocycles. The average Bonchev–Trinajstić information content (AvgIpc) is 1.98. The zero-order valence-electron chi connectivity index (χ0n) is 5.88.